The van der Waals surface area contributed by atoms with Crippen molar-refractivity contribution in [1.82, 2.24) is 14.7 Å². The molecule has 1 rings (SSSR count). The summed E-state index contributed by atoms with van der Waals surface area (Å²) in [6.45, 7) is 7.79. The van der Waals surface area contributed by atoms with Gasteiger partial charge in [-0.15, -0.1) is 0 Å². The summed E-state index contributed by atoms with van der Waals surface area (Å²) in [5.41, 5.74) is 6.26. The van der Waals surface area contributed by atoms with Gasteiger partial charge in [0.25, 0.3) is 0 Å². The van der Waals surface area contributed by atoms with Crippen LogP contribution in [0, 0.1) is 0 Å². The summed E-state index contributed by atoms with van der Waals surface area (Å²) in [7, 11) is 1.97. The van der Waals surface area contributed by atoms with Crippen molar-refractivity contribution in [3.05, 3.63) is 18.0 Å². The fraction of sp³-hybridized carbons (Fsp3) is 0.667. The van der Waals surface area contributed by atoms with E-state index in [4.69, 9.17) is 5.73 Å². The first-order chi connectivity index (χ1) is 7.79. The number of primary amides is 1. The topological polar surface area (TPSA) is 64.2 Å². The molecule has 1 heterocycles. The van der Waals surface area contributed by atoms with Crippen molar-refractivity contribution in [2.75, 3.05) is 13.6 Å². The minimum atomic E-state index is -0.262. The largest absolute Gasteiger partial charge is 0.370 e. The summed E-state index contributed by atoms with van der Waals surface area (Å²) in [5.74, 6) is -0.262. The molecule has 0 aliphatic heterocycles. The second-order valence-electron chi connectivity index (χ2n) is 5.42. The maximum absolute atomic E-state index is 10.7. The van der Waals surface area contributed by atoms with Crippen LogP contribution in [0.5, 0.6) is 0 Å². The lowest BCUT2D eigenvalue weighted by Crippen LogP contribution is -2.24. The Morgan fingerprint density at radius 3 is 2.65 bits per heavy atom. The molecule has 0 aromatic carbocycles. The maximum atomic E-state index is 10.7. The number of nitrogens with zero attached hydrogens (tertiary/aromatic N) is 3. The standard InChI is InChI=1S/C12H22N4O/c1-12(2,3)16-9-10(7-14-16)8-15(4)6-5-11(13)17/h7,9H,5-6,8H2,1-4H3,(H2,13,17). The van der Waals surface area contributed by atoms with Crippen LogP contribution < -0.4 is 5.73 Å². The van der Waals surface area contributed by atoms with Crippen LogP contribution in [0.25, 0.3) is 0 Å². The van der Waals surface area contributed by atoms with Crippen LogP contribution in [0.1, 0.15) is 32.8 Å². The highest BCUT2D eigenvalue weighted by atomic mass is 16.1. The van der Waals surface area contributed by atoms with Crippen molar-refractivity contribution in [2.45, 2.75) is 39.3 Å². The highest BCUT2D eigenvalue weighted by Crippen LogP contribution is 2.13. The van der Waals surface area contributed by atoms with Crippen molar-refractivity contribution < 1.29 is 4.79 Å². The van der Waals surface area contributed by atoms with Crippen LogP contribution in [0.4, 0.5) is 0 Å². The van der Waals surface area contributed by atoms with E-state index in [1.165, 1.54) is 0 Å². The minimum absolute atomic E-state index is 0.00401. The van der Waals surface area contributed by atoms with Crippen LogP contribution in [-0.2, 0) is 16.9 Å². The van der Waals surface area contributed by atoms with Crippen molar-refractivity contribution in [1.29, 1.82) is 0 Å². The van der Waals surface area contributed by atoms with Gasteiger partial charge in [0, 0.05) is 31.3 Å². The molecule has 0 radical (unpaired) electrons. The number of nitrogens with two attached hydrogens (primary N) is 1. The molecule has 0 saturated heterocycles. The normalized spacial score (nSPS) is 12.1. The zero-order chi connectivity index (χ0) is 13.1. The highest BCUT2D eigenvalue weighted by Gasteiger charge is 2.14. The van der Waals surface area contributed by atoms with Crippen LogP contribution in [0.3, 0.4) is 0 Å². The Hall–Kier alpha value is -1.36. The van der Waals surface area contributed by atoms with E-state index < -0.39 is 0 Å². The van der Waals surface area contributed by atoms with Gasteiger partial charge in [-0.3, -0.25) is 9.48 Å². The molecule has 1 amide bonds. The molecule has 0 unspecified atom stereocenters. The predicted octanol–water partition coefficient (Wildman–Crippen LogP) is 0.945. The third kappa shape index (κ3) is 4.56. The van der Waals surface area contributed by atoms with E-state index in [2.05, 4.69) is 30.8 Å². The maximum Gasteiger partial charge on any atom is 0.218 e. The Kier molecular flexibility index (Phi) is 4.28. The van der Waals surface area contributed by atoms with E-state index in [1.54, 1.807) is 0 Å². The average Bonchev–Trinajstić information content (AvgIpc) is 2.62. The summed E-state index contributed by atoms with van der Waals surface area (Å²) in [4.78, 5) is 12.7. The third-order valence-electron chi connectivity index (χ3n) is 2.52. The van der Waals surface area contributed by atoms with Gasteiger partial charge in [0.1, 0.15) is 0 Å². The highest BCUT2D eigenvalue weighted by molar-refractivity contribution is 5.73. The lowest BCUT2D eigenvalue weighted by molar-refractivity contribution is -0.118. The third-order valence-corrected chi connectivity index (χ3v) is 2.52. The molecule has 17 heavy (non-hydrogen) atoms. The molecule has 2 N–H and O–H groups in total. The molecule has 5 nitrogen and oxygen atoms in total. The van der Waals surface area contributed by atoms with Gasteiger partial charge in [0.05, 0.1) is 11.7 Å². The Labute approximate surface area is 103 Å². The fourth-order valence-electron chi connectivity index (χ4n) is 1.50. The quantitative estimate of drug-likeness (QED) is 0.830. The van der Waals surface area contributed by atoms with Crippen molar-refractivity contribution in [2.24, 2.45) is 5.73 Å². The first-order valence-electron chi connectivity index (χ1n) is 5.80. The molecule has 0 bridgehead atoms. The summed E-state index contributed by atoms with van der Waals surface area (Å²) in [6.07, 6.45) is 4.30. The molecular formula is C12H22N4O. The van der Waals surface area contributed by atoms with E-state index >= 15 is 0 Å². The molecule has 1 aromatic heterocycles. The Morgan fingerprint density at radius 1 is 1.53 bits per heavy atom. The fourth-order valence-corrected chi connectivity index (χ4v) is 1.50. The number of hydrogen-bond acceptors (Lipinski definition) is 3. The molecule has 0 fully saturated rings. The van der Waals surface area contributed by atoms with Crippen LogP contribution in [0.2, 0.25) is 0 Å². The van der Waals surface area contributed by atoms with Gasteiger partial charge >= 0.3 is 0 Å². The van der Waals surface area contributed by atoms with Crippen molar-refractivity contribution in [3.63, 3.8) is 0 Å². The van der Waals surface area contributed by atoms with Crippen LogP contribution in [-0.4, -0.2) is 34.2 Å². The zero-order valence-electron chi connectivity index (χ0n) is 11.1. The predicted molar refractivity (Wildman–Crippen MR) is 67.4 cm³/mol. The van der Waals surface area contributed by atoms with E-state index in [0.717, 1.165) is 12.1 Å². The van der Waals surface area contributed by atoms with Gasteiger partial charge in [-0.1, -0.05) is 0 Å². The minimum Gasteiger partial charge on any atom is -0.370 e. The van der Waals surface area contributed by atoms with Gasteiger partial charge in [0.2, 0.25) is 5.91 Å². The average molecular weight is 238 g/mol. The molecule has 0 saturated carbocycles. The van der Waals surface area contributed by atoms with E-state index in [1.807, 2.05) is 24.1 Å². The van der Waals surface area contributed by atoms with Gasteiger partial charge in [0.15, 0.2) is 0 Å². The monoisotopic (exact) mass is 238 g/mol. The smallest absolute Gasteiger partial charge is 0.218 e. The SMILES string of the molecule is CN(CCC(N)=O)Cc1cnn(C(C)(C)C)c1. The van der Waals surface area contributed by atoms with Gasteiger partial charge in [-0.25, -0.2) is 0 Å². The molecule has 1 aromatic rings. The zero-order valence-corrected chi connectivity index (χ0v) is 11.1. The van der Waals surface area contributed by atoms with Gasteiger partial charge < -0.3 is 10.6 Å². The second kappa shape index (κ2) is 5.31. The Bertz CT molecular complexity index is 378. The second-order valence-corrected chi connectivity index (χ2v) is 5.42. The number of hydrogen-bond donors (Lipinski definition) is 1. The number of carbonyl (C=O) groups excluding carboxylic acids is 1. The number of amides is 1. The van der Waals surface area contributed by atoms with Gasteiger partial charge in [-0.2, -0.15) is 5.10 Å². The van der Waals surface area contributed by atoms with E-state index in [0.29, 0.717) is 13.0 Å². The lowest BCUT2D eigenvalue weighted by Gasteiger charge is -2.19. The molecule has 0 aliphatic rings. The van der Waals surface area contributed by atoms with Crippen molar-refractivity contribution in [3.8, 4) is 0 Å². The molecular weight excluding hydrogens is 216 g/mol. The summed E-state index contributed by atoms with van der Waals surface area (Å²) in [5, 5.41) is 4.33. The number of carbonyl (C=O) groups is 1. The summed E-state index contributed by atoms with van der Waals surface area (Å²) < 4.78 is 1.95. The lowest BCUT2D eigenvalue weighted by atomic mass is 10.1. The number of aromatic nitrogens is 2. The number of rotatable bonds is 5. The first kappa shape index (κ1) is 13.7. The Morgan fingerprint density at radius 2 is 2.18 bits per heavy atom. The summed E-state index contributed by atoms with van der Waals surface area (Å²) >= 11 is 0. The van der Waals surface area contributed by atoms with Crippen LogP contribution >= 0.6 is 0 Å². The van der Waals surface area contributed by atoms with Crippen molar-refractivity contribution >= 4 is 5.91 Å². The van der Waals surface area contributed by atoms with E-state index in [9.17, 15) is 4.79 Å². The molecule has 5 heteroatoms. The first-order valence-corrected chi connectivity index (χ1v) is 5.80. The molecule has 0 spiro atoms. The molecule has 96 valence electrons. The van der Waals surface area contributed by atoms with Crippen LogP contribution in [0.15, 0.2) is 12.4 Å². The van der Waals surface area contributed by atoms with E-state index in [-0.39, 0.29) is 11.4 Å². The molecule has 0 aliphatic carbocycles. The summed E-state index contributed by atoms with van der Waals surface area (Å²) in [6, 6.07) is 0. The van der Waals surface area contributed by atoms with Gasteiger partial charge in [-0.05, 0) is 27.8 Å². The molecule has 0 atom stereocenters. The Balaban J connectivity index is 2.52.